The highest BCUT2D eigenvalue weighted by molar-refractivity contribution is 6.31. The molecule has 5 aromatic rings. The predicted octanol–water partition coefficient (Wildman–Crippen LogP) is 8.68. The van der Waals surface area contributed by atoms with Gasteiger partial charge in [0.05, 0.1) is 24.0 Å². The Bertz CT molecular complexity index is 2050. The molecule has 0 saturated heterocycles. The van der Waals surface area contributed by atoms with Gasteiger partial charge in [0.1, 0.15) is 11.6 Å². The van der Waals surface area contributed by atoms with Gasteiger partial charge in [-0.25, -0.2) is 14.6 Å². The molecule has 5 rings (SSSR count). The van der Waals surface area contributed by atoms with Crippen molar-refractivity contribution in [3.8, 4) is 5.75 Å². The number of aromatic nitrogens is 2. The summed E-state index contributed by atoms with van der Waals surface area (Å²) in [5.41, 5.74) is 4.04. The van der Waals surface area contributed by atoms with Gasteiger partial charge in [-0.05, 0) is 66.8 Å². The molecule has 0 radical (unpaired) electrons. The lowest BCUT2D eigenvalue weighted by atomic mass is 10.0. The maximum Gasteiger partial charge on any atom is 0.349 e. The van der Waals surface area contributed by atoms with Crippen LogP contribution in [0.1, 0.15) is 74.2 Å². The lowest BCUT2D eigenvalue weighted by Crippen LogP contribution is -2.41. The molecule has 0 saturated carbocycles. The number of rotatable bonds is 15. The summed E-state index contributed by atoms with van der Waals surface area (Å²) in [6, 6.07) is 27.4. The van der Waals surface area contributed by atoms with E-state index in [0.29, 0.717) is 64.7 Å². The second-order valence-electron chi connectivity index (χ2n) is 12.6. The first-order valence-corrected chi connectivity index (χ1v) is 17.9. The number of ether oxygens (including phenoxy) is 1. The number of urea groups is 1. The molecule has 1 atom stereocenters. The first kappa shape index (κ1) is 37.1. The predicted molar refractivity (Wildman–Crippen MR) is 203 cm³/mol. The van der Waals surface area contributed by atoms with E-state index in [1.165, 1.54) is 0 Å². The second-order valence-corrected chi connectivity index (χ2v) is 13.0. The summed E-state index contributed by atoms with van der Waals surface area (Å²) in [4.78, 5) is 48.6. The van der Waals surface area contributed by atoms with E-state index in [4.69, 9.17) is 21.3 Å². The van der Waals surface area contributed by atoms with Crippen LogP contribution in [0.15, 0.2) is 95.8 Å². The lowest BCUT2D eigenvalue weighted by Gasteiger charge is -2.28. The molecule has 1 aromatic heterocycles. The largest absolute Gasteiger partial charge is 0.478 e. The number of hydrogen-bond donors (Lipinski definition) is 1. The molecule has 1 N–H and O–H groups in total. The van der Waals surface area contributed by atoms with Crippen LogP contribution in [0, 0.1) is 0 Å². The summed E-state index contributed by atoms with van der Waals surface area (Å²) in [5.74, 6) is -0.00578. The van der Waals surface area contributed by atoms with Crippen LogP contribution < -0.4 is 15.2 Å². The number of unbranched alkanes of at least 4 members (excludes halogenated alkanes) is 1. The molecule has 0 aliphatic heterocycles. The molecule has 0 spiro atoms. The van der Waals surface area contributed by atoms with Gasteiger partial charge in [-0.3, -0.25) is 14.3 Å². The number of aliphatic carboxylic acids is 1. The SMILES string of the molecule is CCCCc1nc2ccc(N(Cc3ccccc3)C(=O)N(C)CC)cc2c(=O)n1Cc1ccc(OC(C(=O)O)c2ccccc2Cl)c(CCC)c1. The van der Waals surface area contributed by atoms with E-state index in [0.717, 1.165) is 36.0 Å². The summed E-state index contributed by atoms with van der Waals surface area (Å²) in [6.45, 7) is 7.21. The Labute approximate surface area is 304 Å². The van der Waals surface area contributed by atoms with E-state index in [1.54, 1.807) is 57.8 Å². The third-order valence-electron chi connectivity index (χ3n) is 8.94. The summed E-state index contributed by atoms with van der Waals surface area (Å²) >= 11 is 6.35. The van der Waals surface area contributed by atoms with Crippen molar-refractivity contribution >= 4 is 40.2 Å². The molecule has 1 heterocycles. The molecular formula is C41H45ClN4O5. The van der Waals surface area contributed by atoms with Crippen LogP contribution >= 0.6 is 11.6 Å². The zero-order valence-corrected chi connectivity index (χ0v) is 30.4. The molecule has 2 amide bonds. The van der Waals surface area contributed by atoms with Crippen molar-refractivity contribution in [3.05, 3.63) is 134 Å². The number of nitrogens with zero attached hydrogens (tertiary/aromatic N) is 4. The Kier molecular flexibility index (Phi) is 12.5. The van der Waals surface area contributed by atoms with Crippen LogP contribution in [-0.4, -0.2) is 45.2 Å². The minimum atomic E-state index is -1.28. The number of carboxylic acids is 1. The quantitative estimate of drug-likeness (QED) is 0.117. The van der Waals surface area contributed by atoms with Gasteiger partial charge in [0.15, 0.2) is 0 Å². The minimum Gasteiger partial charge on any atom is -0.478 e. The van der Waals surface area contributed by atoms with Gasteiger partial charge in [0.2, 0.25) is 6.10 Å². The first-order valence-electron chi connectivity index (χ1n) is 17.5. The standard InChI is InChI=1S/C41H45ClN4O5/c1-5-8-19-37-43-35-22-21-31(45(41(50)44(4)7-3)26-28-15-10-9-11-16-28)25-33(35)39(47)46(37)27-29-20-23-36(30(24-29)14-6-2)51-38(40(48)49)32-17-12-13-18-34(32)42/h9-13,15-18,20-25,38H,5-8,14,19,26-27H2,1-4H3,(H,48,49). The highest BCUT2D eigenvalue weighted by Gasteiger charge is 2.26. The van der Waals surface area contributed by atoms with E-state index < -0.39 is 12.1 Å². The fourth-order valence-electron chi connectivity index (χ4n) is 6.04. The topological polar surface area (TPSA) is 105 Å². The van der Waals surface area contributed by atoms with Gasteiger partial charge >= 0.3 is 12.0 Å². The van der Waals surface area contributed by atoms with Crippen LogP contribution in [0.5, 0.6) is 5.75 Å². The van der Waals surface area contributed by atoms with Crippen LogP contribution in [0.2, 0.25) is 5.02 Å². The van der Waals surface area contributed by atoms with Crippen molar-refractivity contribution in [1.82, 2.24) is 14.5 Å². The van der Waals surface area contributed by atoms with Gasteiger partial charge in [-0.15, -0.1) is 0 Å². The Morgan fingerprint density at radius 3 is 2.33 bits per heavy atom. The van der Waals surface area contributed by atoms with E-state index in [2.05, 4.69) is 6.92 Å². The number of amides is 2. The van der Waals surface area contributed by atoms with Gasteiger partial charge in [-0.1, -0.05) is 99.0 Å². The fraction of sp³-hybridized carbons (Fsp3) is 0.317. The monoisotopic (exact) mass is 708 g/mol. The summed E-state index contributed by atoms with van der Waals surface area (Å²) in [5, 5.41) is 10.8. The van der Waals surface area contributed by atoms with Crippen LogP contribution in [-0.2, 0) is 30.7 Å². The maximum atomic E-state index is 14.4. The van der Waals surface area contributed by atoms with Crippen molar-refractivity contribution in [2.75, 3.05) is 18.5 Å². The summed E-state index contributed by atoms with van der Waals surface area (Å²) in [7, 11) is 1.76. The van der Waals surface area contributed by atoms with Crippen LogP contribution in [0.4, 0.5) is 10.5 Å². The number of carbonyl (C=O) groups is 2. The van der Waals surface area contributed by atoms with Gasteiger partial charge in [0, 0.05) is 36.3 Å². The van der Waals surface area contributed by atoms with E-state index in [-0.39, 0.29) is 18.1 Å². The third kappa shape index (κ3) is 8.78. The molecule has 0 aliphatic rings. The van der Waals surface area contributed by atoms with Crippen LogP contribution in [0.25, 0.3) is 10.9 Å². The first-order chi connectivity index (χ1) is 24.6. The van der Waals surface area contributed by atoms with Gasteiger partial charge < -0.3 is 14.7 Å². The minimum absolute atomic E-state index is 0.168. The number of fused-ring (bicyclic) bond motifs is 1. The third-order valence-corrected chi connectivity index (χ3v) is 9.28. The number of halogens is 1. The number of carbonyl (C=O) groups excluding carboxylic acids is 1. The fourth-order valence-corrected chi connectivity index (χ4v) is 6.28. The zero-order chi connectivity index (χ0) is 36.5. The van der Waals surface area contributed by atoms with Gasteiger partial charge in [0.25, 0.3) is 5.56 Å². The Balaban J connectivity index is 1.55. The van der Waals surface area contributed by atoms with E-state index in [9.17, 15) is 19.5 Å². The molecule has 4 aromatic carbocycles. The molecule has 51 heavy (non-hydrogen) atoms. The molecule has 10 heteroatoms. The number of benzene rings is 4. The Hall–Kier alpha value is -5.15. The van der Waals surface area contributed by atoms with Crippen molar-refractivity contribution in [1.29, 1.82) is 0 Å². The highest BCUT2D eigenvalue weighted by Crippen LogP contribution is 2.31. The molecule has 266 valence electrons. The maximum absolute atomic E-state index is 14.4. The Morgan fingerprint density at radius 2 is 1.65 bits per heavy atom. The number of anilines is 1. The van der Waals surface area contributed by atoms with Gasteiger partial charge in [-0.2, -0.15) is 0 Å². The Morgan fingerprint density at radius 1 is 0.902 bits per heavy atom. The molecule has 0 bridgehead atoms. The molecule has 9 nitrogen and oxygen atoms in total. The molecule has 0 fully saturated rings. The van der Waals surface area contributed by atoms with Crippen LogP contribution in [0.3, 0.4) is 0 Å². The van der Waals surface area contributed by atoms with E-state index >= 15 is 0 Å². The molecular weight excluding hydrogens is 664 g/mol. The number of carboxylic acid groups (broad SMARTS) is 1. The highest BCUT2D eigenvalue weighted by atomic mass is 35.5. The smallest absolute Gasteiger partial charge is 0.349 e. The van der Waals surface area contributed by atoms with Crippen molar-refractivity contribution in [2.45, 2.75) is 72.1 Å². The second kappa shape index (κ2) is 17.2. The normalized spacial score (nSPS) is 11.7. The molecule has 0 aliphatic carbocycles. The number of aryl methyl sites for hydroxylation is 2. The lowest BCUT2D eigenvalue weighted by molar-refractivity contribution is -0.145. The average Bonchev–Trinajstić information content (AvgIpc) is 3.14. The number of hydrogen-bond acceptors (Lipinski definition) is 5. The van der Waals surface area contributed by atoms with E-state index in [1.807, 2.05) is 68.4 Å². The summed E-state index contributed by atoms with van der Waals surface area (Å²) in [6.07, 6.45) is 2.60. The van der Waals surface area contributed by atoms with Crippen molar-refractivity contribution < 1.29 is 19.4 Å². The average molecular weight is 709 g/mol. The summed E-state index contributed by atoms with van der Waals surface area (Å²) < 4.78 is 7.83. The van der Waals surface area contributed by atoms with Crippen molar-refractivity contribution in [2.24, 2.45) is 0 Å². The molecule has 1 unspecified atom stereocenters. The zero-order valence-electron chi connectivity index (χ0n) is 29.6. The van der Waals surface area contributed by atoms with Crippen molar-refractivity contribution in [3.63, 3.8) is 0 Å².